The first-order chi connectivity index (χ1) is 8.36. The van der Waals surface area contributed by atoms with E-state index >= 15 is 0 Å². The number of rotatable bonds is 6. The van der Waals surface area contributed by atoms with E-state index in [0.29, 0.717) is 0 Å². The van der Waals surface area contributed by atoms with Gasteiger partial charge in [-0.25, -0.2) is 0 Å². The maximum absolute atomic E-state index is 5.17. The van der Waals surface area contributed by atoms with Gasteiger partial charge in [-0.3, -0.25) is 0 Å². The highest BCUT2D eigenvalue weighted by Crippen LogP contribution is 2.44. The molecule has 0 aromatic heterocycles. The summed E-state index contributed by atoms with van der Waals surface area (Å²) >= 11 is 0. The highest BCUT2D eigenvalue weighted by atomic mass is 16.5. The molecular formula is C15H21NO. The lowest BCUT2D eigenvalue weighted by molar-refractivity contribution is 0.411. The molecular weight excluding hydrogens is 210 g/mol. The predicted octanol–water partition coefficient (Wildman–Crippen LogP) is 2.97. The molecule has 0 aliphatic heterocycles. The van der Waals surface area contributed by atoms with Crippen LogP contribution in [0.15, 0.2) is 24.3 Å². The van der Waals surface area contributed by atoms with Crippen molar-refractivity contribution in [2.24, 2.45) is 11.8 Å². The maximum atomic E-state index is 5.17. The lowest BCUT2D eigenvalue weighted by Gasteiger charge is -2.17. The molecule has 1 N–H and O–H groups in total. The van der Waals surface area contributed by atoms with Gasteiger partial charge in [-0.15, -0.1) is 0 Å². The number of hydrogen-bond acceptors (Lipinski definition) is 2. The summed E-state index contributed by atoms with van der Waals surface area (Å²) in [6.07, 6.45) is 5.76. The van der Waals surface area contributed by atoms with Crippen molar-refractivity contribution < 1.29 is 4.74 Å². The van der Waals surface area contributed by atoms with Gasteiger partial charge in [0.2, 0.25) is 0 Å². The average molecular weight is 231 g/mol. The summed E-state index contributed by atoms with van der Waals surface area (Å²) in [4.78, 5) is 0. The van der Waals surface area contributed by atoms with E-state index in [2.05, 4.69) is 17.4 Å². The molecule has 2 aliphatic rings. The largest absolute Gasteiger partial charge is 0.497 e. The van der Waals surface area contributed by atoms with Crippen LogP contribution < -0.4 is 10.1 Å². The molecule has 2 fully saturated rings. The number of methoxy groups -OCH3 is 1. The quantitative estimate of drug-likeness (QED) is 0.812. The summed E-state index contributed by atoms with van der Waals surface area (Å²) in [7, 11) is 1.71. The molecule has 0 heterocycles. The van der Waals surface area contributed by atoms with Crippen LogP contribution in [0.25, 0.3) is 0 Å². The van der Waals surface area contributed by atoms with E-state index in [1.165, 1.54) is 31.2 Å². The second-order valence-electron chi connectivity index (χ2n) is 5.43. The van der Waals surface area contributed by atoms with Crippen LogP contribution in [0, 0.1) is 11.8 Å². The minimum Gasteiger partial charge on any atom is -0.497 e. The van der Waals surface area contributed by atoms with Crippen LogP contribution in [0.3, 0.4) is 0 Å². The summed E-state index contributed by atoms with van der Waals surface area (Å²) in [6, 6.07) is 9.18. The van der Waals surface area contributed by atoms with Crippen LogP contribution >= 0.6 is 0 Å². The monoisotopic (exact) mass is 231 g/mol. The van der Waals surface area contributed by atoms with Crippen molar-refractivity contribution in [2.75, 3.05) is 7.11 Å². The van der Waals surface area contributed by atoms with Gasteiger partial charge >= 0.3 is 0 Å². The van der Waals surface area contributed by atoms with Crippen molar-refractivity contribution in [3.63, 3.8) is 0 Å². The Hall–Kier alpha value is -1.02. The molecule has 1 aromatic rings. The molecule has 1 aromatic carbocycles. The zero-order valence-electron chi connectivity index (χ0n) is 10.5. The third-order valence-corrected chi connectivity index (χ3v) is 3.96. The molecule has 92 valence electrons. The lowest BCUT2D eigenvalue weighted by Crippen LogP contribution is -2.32. The van der Waals surface area contributed by atoms with Gasteiger partial charge in [0.15, 0.2) is 0 Å². The predicted molar refractivity (Wildman–Crippen MR) is 69.1 cm³/mol. The third-order valence-electron chi connectivity index (χ3n) is 3.96. The fourth-order valence-corrected chi connectivity index (χ4v) is 2.61. The van der Waals surface area contributed by atoms with Crippen molar-refractivity contribution in [2.45, 2.75) is 38.3 Å². The van der Waals surface area contributed by atoms with Gasteiger partial charge in [0.1, 0.15) is 5.75 Å². The van der Waals surface area contributed by atoms with Crippen molar-refractivity contribution >= 4 is 0 Å². The van der Waals surface area contributed by atoms with Crippen molar-refractivity contribution in [1.82, 2.24) is 5.32 Å². The van der Waals surface area contributed by atoms with Gasteiger partial charge < -0.3 is 10.1 Å². The van der Waals surface area contributed by atoms with E-state index in [0.717, 1.165) is 30.2 Å². The number of ether oxygens (including phenoxy) is 1. The molecule has 0 spiro atoms. The van der Waals surface area contributed by atoms with Gasteiger partial charge in [-0.1, -0.05) is 12.1 Å². The Bertz CT molecular complexity index is 353. The van der Waals surface area contributed by atoms with Crippen molar-refractivity contribution in [3.8, 4) is 5.75 Å². The molecule has 2 heteroatoms. The molecule has 17 heavy (non-hydrogen) atoms. The van der Waals surface area contributed by atoms with E-state index in [1.807, 2.05) is 12.1 Å². The van der Waals surface area contributed by atoms with Crippen LogP contribution in [0.5, 0.6) is 5.75 Å². The standard InChI is InChI=1S/C15H21NO/c1-17-14-8-2-11(3-9-14)10-16-15(12-4-5-12)13-6-7-13/h2-3,8-9,12-13,15-16H,4-7,10H2,1H3. The molecule has 2 nitrogen and oxygen atoms in total. The summed E-state index contributed by atoms with van der Waals surface area (Å²) in [5.74, 6) is 2.89. The highest BCUT2D eigenvalue weighted by Gasteiger charge is 2.40. The Morgan fingerprint density at radius 1 is 1.12 bits per heavy atom. The minimum absolute atomic E-state index is 0.789. The first-order valence-electron chi connectivity index (χ1n) is 6.73. The van der Waals surface area contributed by atoms with Gasteiger partial charge in [0, 0.05) is 12.6 Å². The highest BCUT2D eigenvalue weighted by molar-refractivity contribution is 5.27. The van der Waals surface area contributed by atoms with Crippen LogP contribution in [0.2, 0.25) is 0 Å². The number of benzene rings is 1. The minimum atomic E-state index is 0.789. The van der Waals surface area contributed by atoms with Crippen LogP contribution in [0.4, 0.5) is 0 Å². The fraction of sp³-hybridized carbons (Fsp3) is 0.600. The molecule has 0 radical (unpaired) electrons. The van der Waals surface area contributed by atoms with Crippen molar-refractivity contribution in [3.05, 3.63) is 29.8 Å². The molecule has 2 aliphatic carbocycles. The molecule has 0 saturated heterocycles. The topological polar surface area (TPSA) is 21.3 Å². The molecule has 0 unspecified atom stereocenters. The van der Waals surface area contributed by atoms with E-state index in [9.17, 15) is 0 Å². The Morgan fingerprint density at radius 3 is 2.18 bits per heavy atom. The zero-order valence-corrected chi connectivity index (χ0v) is 10.5. The number of nitrogens with one attached hydrogen (secondary N) is 1. The molecule has 2 saturated carbocycles. The van der Waals surface area contributed by atoms with Gasteiger partial charge in [0.05, 0.1) is 7.11 Å². The second kappa shape index (κ2) is 4.69. The fourth-order valence-electron chi connectivity index (χ4n) is 2.61. The molecule has 0 atom stereocenters. The van der Waals surface area contributed by atoms with E-state index in [-0.39, 0.29) is 0 Å². The third kappa shape index (κ3) is 2.81. The van der Waals surface area contributed by atoms with Crippen LogP contribution in [-0.4, -0.2) is 13.2 Å². The first-order valence-corrected chi connectivity index (χ1v) is 6.73. The number of hydrogen-bond donors (Lipinski definition) is 1. The Kier molecular flexibility index (Phi) is 3.06. The van der Waals surface area contributed by atoms with Crippen molar-refractivity contribution in [1.29, 1.82) is 0 Å². The lowest BCUT2D eigenvalue weighted by atomic mass is 10.1. The Balaban J connectivity index is 1.54. The Morgan fingerprint density at radius 2 is 1.71 bits per heavy atom. The maximum Gasteiger partial charge on any atom is 0.118 e. The van der Waals surface area contributed by atoms with E-state index in [1.54, 1.807) is 7.11 Å². The zero-order chi connectivity index (χ0) is 11.7. The van der Waals surface area contributed by atoms with Gasteiger partial charge in [-0.2, -0.15) is 0 Å². The van der Waals surface area contributed by atoms with Gasteiger partial charge in [0.25, 0.3) is 0 Å². The van der Waals surface area contributed by atoms with Gasteiger partial charge in [-0.05, 0) is 55.2 Å². The molecule has 0 bridgehead atoms. The Labute approximate surface area is 103 Å². The SMILES string of the molecule is COc1ccc(CNC(C2CC2)C2CC2)cc1. The summed E-state index contributed by atoms with van der Waals surface area (Å²) < 4.78 is 5.17. The average Bonchev–Trinajstić information content (AvgIpc) is 3.24. The van der Waals surface area contributed by atoms with Crippen LogP contribution in [-0.2, 0) is 6.54 Å². The summed E-state index contributed by atoms with van der Waals surface area (Å²) in [6.45, 7) is 1.00. The first kappa shape index (κ1) is 11.1. The van der Waals surface area contributed by atoms with Crippen LogP contribution in [0.1, 0.15) is 31.2 Å². The normalized spacial score (nSPS) is 19.6. The summed E-state index contributed by atoms with van der Waals surface area (Å²) in [5, 5.41) is 3.76. The smallest absolute Gasteiger partial charge is 0.118 e. The molecule has 0 amide bonds. The second-order valence-corrected chi connectivity index (χ2v) is 5.43. The van der Waals surface area contributed by atoms with E-state index < -0.39 is 0 Å². The summed E-state index contributed by atoms with van der Waals surface area (Å²) in [5.41, 5.74) is 1.36. The van der Waals surface area contributed by atoms with E-state index in [4.69, 9.17) is 4.74 Å². The molecule has 3 rings (SSSR count).